The Hall–Kier alpha value is -1.66. The number of nitrogens with zero attached hydrogens (tertiary/aromatic N) is 1. The SMILES string of the molecule is Cc1ccc(NC(=O)CC(C)C2CCCNC2)cc1[N+](=O)[O-].Cl. The first-order valence-corrected chi connectivity index (χ1v) is 7.73. The number of halogens is 1. The molecule has 2 rings (SSSR count). The molecule has 2 unspecified atom stereocenters. The summed E-state index contributed by atoms with van der Waals surface area (Å²) in [5.74, 6) is 0.733. The van der Waals surface area contributed by atoms with Gasteiger partial charge in [0.2, 0.25) is 5.91 Å². The van der Waals surface area contributed by atoms with Crippen LogP contribution >= 0.6 is 12.4 Å². The number of rotatable bonds is 5. The minimum Gasteiger partial charge on any atom is -0.326 e. The topological polar surface area (TPSA) is 84.3 Å². The molecule has 23 heavy (non-hydrogen) atoms. The van der Waals surface area contributed by atoms with Gasteiger partial charge in [-0.15, -0.1) is 12.4 Å². The number of piperidine rings is 1. The van der Waals surface area contributed by atoms with Crippen LogP contribution in [0.25, 0.3) is 0 Å². The van der Waals surface area contributed by atoms with Crippen molar-refractivity contribution in [2.75, 3.05) is 18.4 Å². The predicted octanol–water partition coefficient (Wildman–Crippen LogP) is 3.29. The Bertz CT molecular complexity index is 560. The van der Waals surface area contributed by atoms with E-state index in [9.17, 15) is 14.9 Å². The van der Waals surface area contributed by atoms with Crippen LogP contribution in [0.5, 0.6) is 0 Å². The summed E-state index contributed by atoms with van der Waals surface area (Å²) in [7, 11) is 0. The lowest BCUT2D eigenvalue weighted by Crippen LogP contribution is -2.34. The van der Waals surface area contributed by atoms with Crippen LogP contribution in [0.2, 0.25) is 0 Å². The Balaban J connectivity index is 0.00000264. The van der Waals surface area contributed by atoms with Gasteiger partial charge in [-0.1, -0.05) is 13.0 Å². The summed E-state index contributed by atoms with van der Waals surface area (Å²) in [5.41, 5.74) is 1.10. The van der Waals surface area contributed by atoms with Gasteiger partial charge in [-0.2, -0.15) is 0 Å². The molecule has 1 fully saturated rings. The number of aryl methyl sites for hydroxylation is 1. The zero-order valence-electron chi connectivity index (χ0n) is 13.5. The van der Waals surface area contributed by atoms with E-state index in [0.717, 1.165) is 25.9 Å². The summed E-state index contributed by atoms with van der Waals surface area (Å²) in [6.45, 7) is 5.80. The summed E-state index contributed by atoms with van der Waals surface area (Å²) < 4.78 is 0. The molecule has 128 valence electrons. The van der Waals surface area contributed by atoms with Crippen molar-refractivity contribution in [3.05, 3.63) is 33.9 Å². The van der Waals surface area contributed by atoms with Crippen molar-refractivity contribution in [1.82, 2.24) is 5.32 Å². The zero-order chi connectivity index (χ0) is 16.1. The predicted molar refractivity (Wildman–Crippen MR) is 93.1 cm³/mol. The molecule has 1 aromatic rings. The van der Waals surface area contributed by atoms with E-state index < -0.39 is 4.92 Å². The lowest BCUT2D eigenvalue weighted by atomic mass is 9.85. The van der Waals surface area contributed by atoms with Crippen LogP contribution in [0.3, 0.4) is 0 Å². The van der Waals surface area contributed by atoms with Gasteiger partial charge in [-0.25, -0.2) is 0 Å². The first-order valence-electron chi connectivity index (χ1n) is 7.73. The molecule has 0 spiro atoms. The number of hydrogen-bond acceptors (Lipinski definition) is 4. The van der Waals surface area contributed by atoms with Gasteiger partial charge in [0.1, 0.15) is 0 Å². The van der Waals surface area contributed by atoms with Gasteiger partial charge in [0.05, 0.1) is 4.92 Å². The molecule has 2 N–H and O–H groups in total. The summed E-state index contributed by atoms with van der Waals surface area (Å²) in [4.78, 5) is 22.6. The highest BCUT2D eigenvalue weighted by Crippen LogP contribution is 2.25. The molecule has 2 atom stereocenters. The van der Waals surface area contributed by atoms with E-state index in [1.165, 1.54) is 6.07 Å². The number of carbonyl (C=O) groups excluding carboxylic acids is 1. The molecule has 7 heteroatoms. The maximum Gasteiger partial charge on any atom is 0.274 e. The van der Waals surface area contributed by atoms with E-state index in [4.69, 9.17) is 0 Å². The second kappa shape index (κ2) is 8.84. The van der Waals surface area contributed by atoms with Crippen molar-refractivity contribution >= 4 is 29.7 Å². The Morgan fingerprint density at radius 2 is 2.26 bits per heavy atom. The number of carbonyl (C=O) groups is 1. The zero-order valence-corrected chi connectivity index (χ0v) is 14.3. The molecular weight excluding hydrogens is 318 g/mol. The minimum atomic E-state index is -0.429. The highest BCUT2D eigenvalue weighted by atomic mass is 35.5. The summed E-state index contributed by atoms with van der Waals surface area (Å²) in [6, 6.07) is 4.77. The number of benzene rings is 1. The molecular formula is C16H24ClN3O3. The number of hydrogen-bond donors (Lipinski definition) is 2. The third-order valence-electron chi connectivity index (χ3n) is 4.34. The fourth-order valence-electron chi connectivity index (χ4n) is 2.92. The molecule has 1 aliphatic rings. The van der Waals surface area contributed by atoms with Gasteiger partial charge in [0.15, 0.2) is 0 Å². The summed E-state index contributed by atoms with van der Waals surface area (Å²) in [6.07, 6.45) is 2.74. The van der Waals surface area contributed by atoms with E-state index in [0.29, 0.717) is 29.5 Å². The summed E-state index contributed by atoms with van der Waals surface area (Å²) >= 11 is 0. The molecule has 1 amide bonds. The van der Waals surface area contributed by atoms with E-state index in [1.54, 1.807) is 19.1 Å². The van der Waals surface area contributed by atoms with Gasteiger partial charge in [-0.05, 0) is 50.8 Å². The second-order valence-corrected chi connectivity index (χ2v) is 6.09. The van der Waals surface area contributed by atoms with Crippen LogP contribution in [0, 0.1) is 28.9 Å². The average Bonchev–Trinajstić information content (AvgIpc) is 2.49. The van der Waals surface area contributed by atoms with E-state index in [1.807, 2.05) is 0 Å². The number of nitrogens with one attached hydrogen (secondary N) is 2. The average molecular weight is 342 g/mol. The van der Waals surface area contributed by atoms with Crippen LogP contribution in [0.15, 0.2) is 18.2 Å². The molecule has 0 bridgehead atoms. The Morgan fingerprint density at radius 3 is 2.87 bits per heavy atom. The summed E-state index contributed by atoms with van der Waals surface area (Å²) in [5, 5.41) is 17.1. The highest BCUT2D eigenvalue weighted by molar-refractivity contribution is 5.91. The van der Waals surface area contributed by atoms with Crippen molar-refractivity contribution in [2.24, 2.45) is 11.8 Å². The molecule has 0 radical (unpaired) electrons. The first-order chi connectivity index (χ1) is 10.5. The van der Waals surface area contributed by atoms with E-state index in [-0.39, 0.29) is 24.0 Å². The van der Waals surface area contributed by atoms with Crippen molar-refractivity contribution in [3.8, 4) is 0 Å². The molecule has 6 nitrogen and oxygen atoms in total. The quantitative estimate of drug-likeness (QED) is 0.635. The fourth-order valence-corrected chi connectivity index (χ4v) is 2.92. The third kappa shape index (κ3) is 5.48. The fraction of sp³-hybridized carbons (Fsp3) is 0.562. The molecule has 0 aromatic heterocycles. The van der Waals surface area contributed by atoms with Crippen molar-refractivity contribution in [3.63, 3.8) is 0 Å². The van der Waals surface area contributed by atoms with Gasteiger partial charge in [-0.3, -0.25) is 14.9 Å². The standard InChI is InChI=1S/C16H23N3O3.ClH/c1-11-5-6-14(9-15(11)19(21)22)18-16(20)8-12(2)13-4-3-7-17-10-13;/h5-6,9,12-13,17H,3-4,7-8,10H2,1-2H3,(H,18,20);1H. The van der Waals surface area contributed by atoms with Crippen molar-refractivity contribution < 1.29 is 9.72 Å². The number of nitro groups is 1. The van der Waals surface area contributed by atoms with E-state index >= 15 is 0 Å². The molecule has 1 aliphatic heterocycles. The number of nitro benzene ring substituents is 1. The van der Waals surface area contributed by atoms with Gasteiger partial charge < -0.3 is 10.6 Å². The molecule has 0 aliphatic carbocycles. The Morgan fingerprint density at radius 1 is 1.52 bits per heavy atom. The van der Waals surface area contributed by atoms with Crippen molar-refractivity contribution in [1.29, 1.82) is 0 Å². The molecule has 1 aromatic carbocycles. The molecule has 1 saturated heterocycles. The Labute approximate surface area is 142 Å². The van der Waals surface area contributed by atoms with Crippen LogP contribution in [-0.2, 0) is 4.79 Å². The smallest absolute Gasteiger partial charge is 0.274 e. The lowest BCUT2D eigenvalue weighted by Gasteiger charge is -2.28. The normalized spacial score (nSPS) is 18.6. The van der Waals surface area contributed by atoms with Crippen LogP contribution in [-0.4, -0.2) is 23.9 Å². The van der Waals surface area contributed by atoms with Gasteiger partial charge in [0.25, 0.3) is 5.69 Å². The maximum atomic E-state index is 12.1. The second-order valence-electron chi connectivity index (χ2n) is 6.09. The maximum absolute atomic E-state index is 12.1. The monoisotopic (exact) mass is 341 g/mol. The van der Waals surface area contributed by atoms with Crippen LogP contribution in [0.1, 0.15) is 31.7 Å². The van der Waals surface area contributed by atoms with Gasteiger partial charge >= 0.3 is 0 Å². The third-order valence-corrected chi connectivity index (χ3v) is 4.34. The molecule has 0 saturated carbocycles. The van der Waals surface area contributed by atoms with Crippen molar-refractivity contribution in [2.45, 2.75) is 33.1 Å². The minimum absolute atomic E-state index is 0. The van der Waals surface area contributed by atoms with Crippen LogP contribution in [0.4, 0.5) is 11.4 Å². The largest absolute Gasteiger partial charge is 0.326 e. The molecule has 1 heterocycles. The highest BCUT2D eigenvalue weighted by Gasteiger charge is 2.22. The van der Waals surface area contributed by atoms with Gasteiger partial charge in [0, 0.05) is 23.7 Å². The van der Waals surface area contributed by atoms with Crippen LogP contribution < -0.4 is 10.6 Å². The lowest BCUT2D eigenvalue weighted by molar-refractivity contribution is -0.385. The number of amides is 1. The Kier molecular flexibility index (Phi) is 7.45. The number of anilines is 1. The first kappa shape index (κ1) is 19.4. The van der Waals surface area contributed by atoms with E-state index in [2.05, 4.69) is 17.6 Å².